The van der Waals surface area contributed by atoms with Gasteiger partial charge in [0.15, 0.2) is 0 Å². The topological polar surface area (TPSA) is 67.9 Å². The molecule has 0 bridgehead atoms. The lowest BCUT2D eigenvalue weighted by Crippen LogP contribution is -2.38. The van der Waals surface area contributed by atoms with Crippen LogP contribution in [0.3, 0.4) is 0 Å². The first-order valence-corrected chi connectivity index (χ1v) is 7.87. The number of carbonyl (C=O) groups excluding carboxylic acids is 2. The second kappa shape index (κ2) is 7.97. The van der Waals surface area contributed by atoms with Gasteiger partial charge in [0.1, 0.15) is 5.75 Å². The van der Waals surface area contributed by atoms with Crippen LogP contribution in [0.5, 0.6) is 5.75 Å². The molecule has 6 nitrogen and oxygen atoms in total. The summed E-state index contributed by atoms with van der Waals surface area (Å²) in [5.41, 5.74) is 0.634. The van der Waals surface area contributed by atoms with Crippen molar-refractivity contribution >= 4 is 17.5 Å². The third-order valence-corrected chi connectivity index (χ3v) is 3.91. The van der Waals surface area contributed by atoms with Crippen molar-refractivity contribution < 1.29 is 19.1 Å². The van der Waals surface area contributed by atoms with Gasteiger partial charge >= 0.3 is 0 Å². The maximum Gasteiger partial charge on any atom is 0.229 e. The quantitative estimate of drug-likeness (QED) is 0.833. The Labute approximate surface area is 136 Å². The smallest absolute Gasteiger partial charge is 0.229 e. The predicted octanol–water partition coefficient (Wildman–Crippen LogP) is 1.91. The van der Waals surface area contributed by atoms with Crippen LogP contribution in [0.1, 0.15) is 20.3 Å². The molecule has 126 valence electrons. The van der Waals surface area contributed by atoms with Crippen LogP contribution >= 0.6 is 0 Å². The number of para-hydroxylation sites is 2. The van der Waals surface area contributed by atoms with Gasteiger partial charge < -0.3 is 19.7 Å². The maximum absolute atomic E-state index is 12.5. The molecule has 1 aromatic carbocycles. The standard InChI is InChI=1S/C17H24N2O4/c1-4-23-15-8-6-5-7-14(15)18-17(21)13-9-16(20)19(10-13)12(2)11-22-3/h5-8,12-13H,4,9-11H2,1-3H3,(H,18,21)/t12-,13+/m1/s1. The number of anilines is 1. The molecule has 2 amide bonds. The summed E-state index contributed by atoms with van der Waals surface area (Å²) in [6.07, 6.45) is 0.233. The van der Waals surface area contributed by atoms with Gasteiger partial charge in [0, 0.05) is 20.1 Å². The lowest BCUT2D eigenvalue weighted by atomic mass is 10.1. The summed E-state index contributed by atoms with van der Waals surface area (Å²) in [5, 5.41) is 2.88. The monoisotopic (exact) mass is 320 g/mol. The summed E-state index contributed by atoms with van der Waals surface area (Å²) in [7, 11) is 1.60. The van der Waals surface area contributed by atoms with Gasteiger partial charge in [-0.25, -0.2) is 0 Å². The molecule has 1 heterocycles. The average Bonchev–Trinajstić information content (AvgIpc) is 2.92. The van der Waals surface area contributed by atoms with Crippen molar-refractivity contribution in [3.05, 3.63) is 24.3 Å². The van der Waals surface area contributed by atoms with E-state index in [9.17, 15) is 9.59 Å². The molecule has 0 aliphatic carbocycles. The van der Waals surface area contributed by atoms with Crippen LogP contribution in [0, 0.1) is 5.92 Å². The number of nitrogens with zero attached hydrogens (tertiary/aromatic N) is 1. The van der Waals surface area contributed by atoms with Crippen LogP contribution in [-0.4, -0.2) is 49.6 Å². The lowest BCUT2D eigenvalue weighted by Gasteiger charge is -2.24. The molecule has 0 radical (unpaired) electrons. The molecule has 2 atom stereocenters. The average molecular weight is 320 g/mol. The van der Waals surface area contributed by atoms with Crippen LogP contribution in [0.25, 0.3) is 0 Å². The van der Waals surface area contributed by atoms with Crippen molar-refractivity contribution in [3.63, 3.8) is 0 Å². The van der Waals surface area contributed by atoms with Crippen LogP contribution in [0.2, 0.25) is 0 Å². The third kappa shape index (κ3) is 4.22. The largest absolute Gasteiger partial charge is 0.492 e. The molecule has 6 heteroatoms. The number of likely N-dealkylation sites (tertiary alicyclic amines) is 1. The number of methoxy groups -OCH3 is 1. The van der Waals surface area contributed by atoms with E-state index in [1.54, 1.807) is 18.1 Å². The fourth-order valence-electron chi connectivity index (χ4n) is 2.75. The second-order valence-corrected chi connectivity index (χ2v) is 5.67. The number of ether oxygens (including phenoxy) is 2. The van der Waals surface area contributed by atoms with Crippen LogP contribution < -0.4 is 10.1 Å². The molecule has 0 unspecified atom stereocenters. The molecule has 1 saturated heterocycles. The SMILES string of the molecule is CCOc1ccccc1NC(=O)[C@H]1CC(=O)N([C@H](C)COC)C1. The number of carbonyl (C=O) groups is 2. The first-order valence-electron chi connectivity index (χ1n) is 7.87. The van der Waals surface area contributed by atoms with E-state index in [1.807, 2.05) is 32.0 Å². The minimum atomic E-state index is -0.350. The van der Waals surface area contributed by atoms with E-state index in [4.69, 9.17) is 9.47 Å². The van der Waals surface area contributed by atoms with Crippen LogP contribution in [-0.2, 0) is 14.3 Å². The molecule has 23 heavy (non-hydrogen) atoms. The van der Waals surface area contributed by atoms with Crippen LogP contribution in [0.15, 0.2) is 24.3 Å². The highest BCUT2D eigenvalue weighted by Gasteiger charge is 2.36. The number of hydrogen-bond donors (Lipinski definition) is 1. The number of benzene rings is 1. The highest BCUT2D eigenvalue weighted by atomic mass is 16.5. The molecular weight excluding hydrogens is 296 g/mol. The van der Waals surface area contributed by atoms with Gasteiger partial charge in [0.25, 0.3) is 0 Å². The Kier molecular flexibility index (Phi) is 5.98. The zero-order valence-corrected chi connectivity index (χ0v) is 13.9. The van der Waals surface area contributed by atoms with E-state index >= 15 is 0 Å². The molecule has 1 aliphatic heterocycles. The molecule has 0 aromatic heterocycles. The molecule has 1 aliphatic rings. The Bertz CT molecular complexity index is 561. The van der Waals surface area contributed by atoms with Crippen molar-refractivity contribution in [1.82, 2.24) is 4.90 Å². The summed E-state index contributed by atoms with van der Waals surface area (Å²) in [4.78, 5) is 26.3. The molecule has 0 saturated carbocycles. The molecule has 2 rings (SSSR count). The van der Waals surface area contributed by atoms with E-state index in [0.29, 0.717) is 31.2 Å². The molecule has 1 fully saturated rings. The minimum absolute atomic E-state index is 0.00667. The van der Waals surface area contributed by atoms with E-state index in [-0.39, 0.29) is 30.2 Å². The Morgan fingerprint density at radius 3 is 2.87 bits per heavy atom. The van der Waals surface area contributed by atoms with E-state index in [0.717, 1.165) is 0 Å². The summed E-state index contributed by atoms with van der Waals surface area (Å²) >= 11 is 0. The number of amides is 2. The van der Waals surface area contributed by atoms with Gasteiger partial charge in [0.05, 0.1) is 30.9 Å². The summed E-state index contributed by atoms with van der Waals surface area (Å²) in [6, 6.07) is 7.27. The summed E-state index contributed by atoms with van der Waals surface area (Å²) < 4.78 is 10.6. The van der Waals surface area contributed by atoms with Gasteiger partial charge in [-0.15, -0.1) is 0 Å². The maximum atomic E-state index is 12.5. The van der Waals surface area contributed by atoms with Gasteiger partial charge in [-0.3, -0.25) is 9.59 Å². The zero-order valence-electron chi connectivity index (χ0n) is 13.9. The van der Waals surface area contributed by atoms with Gasteiger partial charge in [0.2, 0.25) is 11.8 Å². The molecular formula is C17H24N2O4. The van der Waals surface area contributed by atoms with E-state index in [1.165, 1.54) is 0 Å². The minimum Gasteiger partial charge on any atom is -0.492 e. The normalized spacial score (nSPS) is 18.8. The second-order valence-electron chi connectivity index (χ2n) is 5.67. The van der Waals surface area contributed by atoms with Crippen molar-refractivity contribution in [3.8, 4) is 5.75 Å². The highest BCUT2D eigenvalue weighted by molar-refractivity contribution is 5.98. The number of rotatable bonds is 7. The molecule has 1 N–H and O–H groups in total. The van der Waals surface area contributed by atoms with Crippen molar-refractivity contribution in [2.75, 3.05) is 32.2 Å². The fraction of sp³-hybridized carbons (Fsp3) is 0.529. The first kappa shape index (κ1) is 17.3. The Balaban J connectivity index is 2.01. The first-order chi connectivity index (χ1) is 11.1. The summed E-state index contributed by atoms with van der Waals surface area (Å²) in [5.74, 6) is 0.124. The van der Waals surface area contributed by atoms with Crippen LogP contribution in [0.4, 0.5) is 5.69 Å². The van der Waals surface area contributed by atoms with Crippen molar-refractivity contribution in [2.24, 2.45) is 5.92 Å². The van der Waals surface area contributed by atoms with Crippen molar-refractivity contribution in [1.29, 1.82) is 0 Å². The third-order valence-electron chi connectivity index (χ3n) is 3.91. The molecule has 0 spiro atoms. The Morgan fingerprint density at radius 1 is 1.43 bits per heavy atom. The van der Waals surface area contributed by atoms with Crippen molar-refractivity contribution in [2.45, 2.75) is 26.3 Å². The predicted molar refractivity (Wildman–Crippen MR) is 87.4 cm³/mol. The Morgan fingerprint density at radius 2 is 2.17 bits per heavy atom. The zero-order chi connectivity index (χ0) is 16.8. The number of nitrogens with one attached hydrogen (secondary N) is 1. The lowest BCUT2D eigenvalue weighted by molar-refractivity contribution is -0.130. The number of hydrogen-bond acceptors (Lipinski definition) is 4. The van der Waals surface area contributed by atoms with Gasteiger partial charge in [-0.1, -0.05) is 12.1 Å². The van der Waals surface area contributed by atoms with Gasteiger partial charge in [-0.2, -0.15) is 0 Å². The highest BCUT2D eigenvalue weighted by Crippen LogP contribution is 2.26. The summed E-state index contributed by atoms with van der Waals surface area (Å²) in [6.45, 7) is 5.23. The Hall–Kier alpha value is -2.08. The fourth-order valence-corrected chi connectivity index (χ4v) is 2.75. The van der Waals surface area contributed by atoms with E-state index in [2.05, 4.69) is 5.32 Å². The van der Waals surface area contributed by atoms with Gasteiger partial charge in [-0.05, 0) is 26.0 Å². The molecule has 1 aromatic rings. The van der Waals surface area contributed by atoms with E-state index < -0.39 is 0 Å².